The van der Waals surface area contributed by atoms with Crippen molar-refractivity contribution in [3.05, 3.63) is 30.2 Å². The van der Waals surface area contributed by atoms with Gasteiger partial charge in [-0.15, -0.1) is 5.92 Å². The molecule has 0 saturated carbocycles. The first-order valence-corrected chi connectivity index (χ1v) is 2.67. The molecule has 0 aliphatic heterocycles. The van der Waals surface area contributed by atoms with Crippen LogP contribution in [0, 0.1) is 11.8 Å². The van der Waals surface area contributed by atoms with Gasteiger partial charge in [-0.3, -0.25) is 0 Å². The molecule has 0 nitrogen and oxygen atoms in total. The van der Waals surface area contributed by atoms with Crippen LogP contribution in [0.5, 0.6) is 0 Å². The molecule has 0 aromatic heterocycles. The van der Waals surface area contributed by atoms with Gasteiger partial charge in [0.2, 0.25) is 0 Å². The molecule has 0 spiro atoms. The fraction of sp³-hybridized carbons (Fsp3) is 0.286. The fourth-order valence-corrected chi connectivity index (χ4v) is 1.16. The molecule has 0 unspecified atom stereocenters. The molecule has 46 valence electrons. The normalized spacial score (nSPS) is 22.2. The summed E-state index contributed by atoms with van der Waals surface area (Å²) in [5.41, 5.74) is 0. The molecular formula is C7H7Ni-. The van der Waals surface area contributed by atoms with Gasteiger partial charge in [-0.1, -0.05) is 6.42 Å². The monoisotopic (exact) mass is 149 g/mol. The Labute approximate surface area is 59.6 Å². The standard InChI is InChI=1S/C7H7.Ni/c1-2-7-4-3-6(1)5-7;/h1-4,6H,5H2;/q-1;. The van der Waals surface area contributed by atoms with E-state index in [-0.39, 0.29) is 16.5 Å². The Balaban J connectivity index is 0.000000320. The van der Waals surface area contributed by atoms with E-state index in [4.69, 9.17) is 0 Å². The molecule has 0 aromatic rings. The number of hydrogen-bond donors (Lipinski definition) is 0. The van der Waals surface area contributed by atoms with Gasteiger partial charge in [-0.25, -0.2) is 0 Å². The second-order valence-corrected chi connectivity index (χ2v) is 2.16. The topological polar surface area (TPSA) is 0 Å². The van der Waals surface area contributed by atoms with Crippen molar-refractivity contribution in [2.45, 2.75) is 6.42 Å². The maximum Gasteiger partial charge on any atom is 0 e. The Morgan fingerprint density at radius 2 is 1.88 bits per heavy atom. The smallest absolute Gasteiger partial charge is 0 e. The quantitative estimate of drug-likeness (QED) is 0.364. The van der Waals surface area contributed by atoms with Crippen LogP contribution < -0.4 is 0 Å². The summed E-state index contributed by atoms with van der Waals surface area (Å²) >= 11 is 0. The summed E-state index contributed by atoms with van der Waals surface area (Å²) < 4.78 is 0. The van der Waals surface area contributed by atoms with Crippen LogP contribution in [0.4, 0.5) is 0 Å². The Kier molecular flexibility index (Phi) is 1.48. The molecule has 2 aliphatic carbocycles. The molecule has 0 fully saturated rings. The van der Waals surface area contributed by atoms with Crippen LogP contribution in [-0.2, 0) is 16.5 Å². The minimum Gasteiger partial charge on any atom is -0.184 e. The maximum atomic E-state index is 2.26. The Bertz CT molecular complexity index is 107. The molecule has 8 heavy (non-hydrogen) atoms. The fourth-order valence-electron chi connectivity index (χ4n) is 1.16. The van der Waals surface area contributed by atoms with Crippen molar-refractivity contribution < 1.29 is 16.5 Å². The third-order valence-corrected chi connectivity index (χ3v) is 1.59. The summed E-state index contributed by atoms with van der Waals surface area (Å²) in [6.07, 6.45) is 10.2. The van der Waals surface area contributed by atoms with Gasteiger partial charge in [0.1, 0.15) is 0 Å². The van der Waals surface area contributed by atoms with E-state index in [0.29, 0.717) is 0 Å². The van der Waals surface area contributed by atoms with Gasteiger partial charge in [0.25, 0.3) is 0 Å². The predicted octanol–water partition coefficient (Wildman–Crippen LogP) is 1.70. The minimum absolute atomic E-state index is 0. The van der Waals surface area contributed by atoms with E-state index < -0.39 is 0 Å². The van der Waals surface area contributed by atoms with E-state index in [1.54, 1.807) is 0 Å². The SMILES string of the molecule is C1=CC2C=C[C-]1C2.[Ni]. The van der Waals surface area contributed by atoms with Crippen molar-refractivity contribution in [2.75, 3.05) is 0 Å². The first kappa shape index (κ1) is 5.97. The second-order valence-electron chi connectivity index (χ2n) is 2.16. The van der Waals surface area contributed by atoms with Gasteiger partial charge >= 0.3 is 0 Å². The van der Waals surface area contributed by atoms with Gasteiger partial charge < -0.3 is 0 Å². The van der Waals surface area contributed by atoms with Crippen molar-refractivity contribution in [3.8, 4) is 0 Å². The van der Waals surface area contributed by atoms with Crippen LogP contribution in [-0.4, -0.2) is 0 Å². The van der Waals surface area contributed by atoms with E-state index in [1.807, 2.05) is 0 Å². The molecule has 0 radical (unpaired) electrons. The van der Waals surface area contributed by atoms with Crippen LogP contribution in [0.3, 0.4) is 0 Å². The molecule has 2 bridgehead atoms. The molecule has 1 heteroatoms. The molecule has 0 aromatic carbocycles. The van der Waals surface area contributed by atoms with E-state index in [1.165, 1.54) is 12.3 Å². The summed E-state index contributed by atoms with van der Waals surface area (Å²) in [6.45, 7) is 0. The third-order valence-electron chi connectivity index (χ3n) is 1.59. The van der Waals surface area contributed by atoms with Gasteiger partial charge in [-0.2, -0.15) is 30.2 Å². The van der Waals surface area contributed by atoms with Gasteiger partial charge in [-0.05, 0) is 0 Å². The summed E-state index contributed by atoms with van der Waals surface area (Å²) in [5.74, 6) is 2.28. The van der Waals surface area contributed by atoms with Crippen LogP contribution >= 0.6 is 0 Å². The molecule has 0 N–H and O–H groups in total. The predicted molar refractivity (Wildman–Crippen MR) is 29.6 cm³/mol. The average molecular weight is 150 g/mol. The molecule has 2 aliphatic rings. The zero-order valence-corrected chi connectivity index (χ0v) is 5.40. The summed E-state index contributed by atoms with van der Waals surface area (Å²) in [7, 11) is 0. The van der Waals surface area contributed by atoms with E-state index in [2.05, 4.69) is 24.3 Å². The van der Waals surface area contributed by atoms with Crippen LogP contribution in [0.2, 0.25) is 0 Å². The van der Waals surface area contributed by atoms with E-state index in [0.717, 1.165) is 5.92 Å². The molecule has 0 saturated heterocycles. The first-order valence-electron chi connectivity index (χ1n) is 2.67. The number of allylic oxidation sites excluding steroid dienone is 4. The molecule has 0 atom stereocenters. The van der Waals surface area contributed by atoms with Gasteiger partial charge in [0, 0.05) is 16.5 Å². The number of fused-ring (bicyclic) bond motifs is 2. The van der Waals surface area contributed by atoms with E-state index >= 15 is 0 Å². The number of hydrogen-bond acceptors (Lipinski definition) is 0. The zero-order chi connectivity index (χ0) is 4.69. The maximum absolute atomic E-state index is 2.26. The Morgan fingerprint density at radius 3 is 2.00 bits per heavy atom. The summed E-state index contributed by atoms with van der Waals surface area (Å²) in [6, 6.07) is 0. The summed E-state index contributed by atoms with van der Waals surface area (Å²) in [4.78, 5) is 0. The second kappa shape index (κ2) is 1.99. The largest absolute Gasteiger partial charge is 0.184 e. The van der Waals surface area contributed by atoms with E-state index in [9.17, 15) is 0 Å². The van der Waals surface area contributed by atoms with Crippen LogP contribution in [0.15, 0.2) is 24.3 Å². The van der Waals surface area contributed by atoms with Gasteiger partial charge in [0.05, 0.1) is 0 Å². The molecule has 2 rings (SSSR count). The molecule has 0 heterocycles. The van der Waals surface area contributed by atoms with Crippen molar-refractivity contribution in [2.24, 2.45) is 5.92 Å². The average Bonchev–Trinajstić information content (AvgIpc) is 2.22. The molecule has 0 amide bonds. The summed E-state index contributed by atoms with van der Waals surface area (Å²) in [5, 5.41) is 0. The van der Waals surface area contributed by atoms with Gasteiger partial charge in [0.15, 0.2) is 0 Å². The molecular weight excluding hydrogens is 143 g/mol. The first-order chi connectivity index (χ1) is 3.45. The van der Waals surface area contributed by atoms with Crippen molar-refractivity contribution >= 4 is 0 Å². The number of rotatable bonds is 0. The van der Waals surface area contributed by atoms with Crippen molar-refractivity contribution in [1.82, 2.24) is 0 Å². The Morgan fingerprint density at radius 1 is 1.25 bits per heavy atom. The Hall–Kier alpha value is -0.156. The zero-order valence-electron chi connectivity index (χ0n) is 4.41. The third kappa shape index (κ3) is 0.715. The van der Waals surface area contributed by atoms with Crippen LogP contribution in [0.25, 0.3) is 0 Å². The van der Waals surface area contributed by atoms with Crippen molar-refractivity contribution in [1.29, 1.82) is 0 Å². The van der Waals surface area contributed by atoms with Crippen molar-refractivity contribution in [3.63, 3.8) is 0 Å². The minimum atomic E-state index is 0. The van der Waals surface area contributed by atoms with Crippen LogP contribution in [0.1, 0.15) is 6.42 Å².